The Bertz CT molecular complexity index is 384. The van der Waals surface area contributed by atoms with Gasteiger partial charge in [0.2, 0.25) is 0 Å². The van der Waals surface area contributed by atoms with Crippen molar-refractivity contribution >= 4 is 28.3 Å². The molecule has 0 saturated carbocycles. The molecular formula is C9H13IN4O. The van der Waals surface area contributed by atoms with Crippen molar-refractivity contribution < 1.29 is 0 Å². The predicted octanol–water partition coefficient (Wildman–Crippen LogP) is 0.174. The summed E-state index contributed by atoms with van der Waals surface area (Å²) in [6.45, 7) is 3.92. The van der Waals surface area contributed by atoms with Crippen LogP contribution in [0, 0.1) is 3.57 Å². The average Bonchev–Trinajstić information content (AvgIpc) is 2.50. The summed E-state index contributed by atoms with van der Waals surface area (Å²) in [4.78, 5) is 13.6. The number of aromatic nitrogens is 2. The van der Waals surface area contributed by atoms with Gasteiger partial charge in [0.25, 0.3) is 5.56 Å². The van der Waals surface area contributed by atoms with Gasteiger partial charge in [-0.3, -0.25) is 4.79 Å². The number of halogens is 1. The summed E-state index contributed by atoms with van der Waals surface area (Å²) in [6.07, 6.45) is 2.83. The smallest absolute Gasteiger partial charge is 0.279 e. The summed E-state index contributed by atoms with van der Waals surface area (Å²) in [5.74, 6) is 0. The number of H-pyrrole nitrogens is 1. The van der Waals surface area contributed by atoms with E-state index in [1.165, 1.54) is 0 Å². The Balaban J connectivity index is 2.27. The molecule has 1 aliphatic heterocycles. The fraction of sp³-hybridized carbons (Fsp3) is 0.556. The first-order chi connectivity index (χ1) is 7.29. The quantitative estimate of drug-likeness (QED) is 0.725. The van der Waals surface area contributed by atoms with Crippen LogP contribution in [-0.4, -0.2) is 36.4 Å². The van der Waals surface area contributed by atoms with Crippen molar-refractivity contribution in [3.8, 4) is 0 Å². The van der Waals surface area contributed by atoms with Crippen LogP contribution in [0.15, 0.2) is 11.0 Å². The maximum Gasteiger partial charge on any atom is 0.279 e. The van der Waals surface area contributed by atoms with Crippen molar-refractivity contribution in [3.05, 3.63) is 20.1 Å². The van der Waals surface area contributed by atoms with Crippen LogP contribution in [0.5, 0.6) is 0 Å². The second kappa shape index (κ2) is 4.93. The second-order valence-corrected chi connectivity index (χ2v) is 4.57. The lowest BCUT2D eigenvalue weighted by Crippen LogP contribution is -2.30. The minimum atomic E-state index is -0.106. The molecule has 1 aromatic heterocycles. The van der Waals surface area contributed by atoms with Gasteiger partial charge < -0.3 is 10.2 Å². The third kappa shape index (κ3) is 2.49. The number of hydrogen-bond donors (Lipinski definition) is 2. The molecule has 1 saturated heterocycles. The highest BCUT2D eigenvalue weighted by Gasteiger charge is 2.14. The van der Waals surface area contributed by atoms with Gasteiger partial charge in [-0.2, -0.15) is 5.10 Å². The summed E-state index contributed by atoms with van der Waals surface area (Å²) in [5.41, 5.74) is 0.841. The minimum Gasteiger partial charge on any atom is -0.368 e. The highest BCUT2D eigenvalue weighted by atomic mass is 127. The van der Waals surface area contributed by atoms with E-state index in [-0.39, 0.29) is 5.56 Å². The topological polar surface area (TPSA) is 61.0 Å². The lowest BCUT2D eigenvalue weighted by atomic mass is 10.3. The van der Waals surface area contributed by atoms with E-state index in [4.69, 9.17) is 0 Å². The maximum absolute atomic E-state index is 11.4. The molecule has 15 heavy (non-hydrogen) atoms. The Kier molecular flexibility index (Phi) is 3.57. The Morgan fingerprint density at radius 3 is 3.13 bits per heavy atom. The number of nitrogens with zero attached hydrogens (tertiary/aromatic N) is 2. The van der Waals surface area contributed by atoms with Crippen molar-refractivity contribution in [2.24, 2.45) is 0 Å². The molecule has 0 unspecified atom stereocenters. The first kappa shape index (κ1) is 10.9. The summed E-state index contributed by atoms with van der Waals surface area (Å²) in [7, 11) is 0. The normalized spacial score (nSPS) is 17.5. The van der Waals surface area contributed by atoms with E-state index >= 15 is 0 Å². The van der Waals surface area contributed by atoms with Gasteiger partial charge in [0.15, 0.2) is 0 Å². The Morgan fingerprint density at radius 2 is 2.27 bits per heavy atom. The zero-order chi connectivity index (χ0) is 10.7. The zero-order valence-corrected chi connectivity index (χ0v) is 10.5. The van der Waals surface area contributed by atoms with Crippen molar-refractivity contribution in [2.75, 3.05) is 31.1 Å². The fourth-order valence-electron chi connectivity index (χ4n) is 1.68. The Labute approximate surface area is 101 Å². The standard InChI is InChI=1S/C9H13IN4O/c10-8-7(6-12-13-9(8)15)14-4-1-2-11-3-5-14/h6,11H,1-5H2,(H,13,15). The number of hydrogen-bond acceptors (Lipinski definition) is 4. The third-order valence-electron chi connectivity index (χ3n) is 2.46. The third-order valence-corrected chi connectivity index (χ3v) is 3.50. The van der Waals surface area contributed by atoms with Gasteiger partial charge >= 0.3 is 0 Å². The summed E-state index contributed by atoms with van der Waals surface area (Å²) in [5, 5.41) is 9.62. The SMILES string of the molecule is O=c1[nH]ncc(N2CCCNCC2)c1I. The highest BCUT2D eigenvalue weighted by Crippen LogP contribution is 2.17. The van der Waals surface area contributed by atoms with E-state index in [1.807, 2.05) is 0 Å². The van der Waals surface area contributed by atoms with E-state index in [0.717, 1.165) is 41.9 Å². The van der Waals surface area contributed by atoms with Crippen LogP contribution in [0.3, 0.4) is 0 Å². The average molecular weight is 320 g/mol. The predicted molar refractivity (Wildman–Crippen MR) is 67.3 cm³/mol. The first-order valence-electron chi connectivity index (χ1n) is 4.98. The van der Waals surface area contributed by atoms with Gasteiger partial charge in [-0.15, -0.1) is 0 Å². The van der Waals surface area contributed by atoms with Crippen molar-refractivity contribution in [3.63, 3.8) is 0 Å². The van der Waals surface area contributed by atoms with Crippen LogP contribution < -0.4 is 15.8 Å². The summed E-state index contributed by atoms with van der Waals surface area (Å²) in [6, 6.07) is 0. The summed E-state index contributed by atoms with van der Waals surface area (Å²) < 4.78 is 0.726. The van der Waals surface area contributed by atoms with Crippen LogP contribution in [-0.2, 0) is 0 Å². The van der Waals surface area contributed by atoms with E-state index in [2.05, 4.69) is 43.0 Å². The molecule has 0 bridgehead atoms. The molecule has 6 heteroatoms. The van der Waals surface area contributed by atoms with Crippen molar-refractivity contribution in [1.82, 2.24) is 15.5 Å². The lowest BCUT2D eigenvalue weighted by Gasteiger charge is -2.22. The Hall–Kier alpha value is -0.630. The van der Waals surface area contributed by atoms with Gasteiger partial charge in [-0.25, -0.2) is 5.10 Å². The molecule has 0 amide bonds. The molecule has 82 valence electrons. The van der Waals surface area contributed by atoms with Gasteiger partial charge in [0, 0.05) is 19.6 Å². The number of anilines is 1. The largest absolute Gasteiger partial charge is 0.368 e. The molecule has 0 atom stereocenters. The molecule has 1 fully saturated rings. The van der Waals surface area contributed by atoms with E-state index in [1.54, 1.807) is 6.20 Å². The molecule has 0 aliphatic carbocycles. The first-order valence-corrected chi connectivity index (χ1v) is 6.06. The second-order valence-electron chi connectivity index (χ2n) is 3.49. The van der Waals surface area contributed by atoms with Crippen LogP contribution in [0.4, 0.5) is 5.69 Å². The lowest BCUT2D eigenvalue weighted by molar-refractivity contribution is 0.724. The zero-order valence-electron chi connectivity index (χ0n) is 8.29. The minimum absolute atomic E-state index is 0.106. The van der Waals surface area contributed by atoms with Gasteiger partial charge in [-0.1, -0.05) is 0 Å². The molecule has 2 heterocycles. The van der Waals surface area contributed by atoms with E-state index in [9.17, 15) is 4.79 Å². The molecule has 2 rings (SSSR count). The van der Waals surface area contributed by atoms with Crippen LogP contribution in [0.1, 0.15) is 6.42 Å². The molecule has 0 aromatic carbocycles. The number of aromatic amines is 1. The van der Waals surface area contributed by atoms with Crippen LogP contribution in [0.2, 0.25) is 0 Å². The van der Waals surface area contributed by atoms with Gasteiger partial charge in [0.1, 0.15) is 3.57 Å². The molecule has 1 aliphatic rings. The van der Waals surface area contributed by atoms with E-state index in [0.29, 0.717) is 0 Å². The molecular weight excluding hydrogens is 307 g/mol. The Morgan fingerprint density at radius 1 is 1.40 bits per heavy atom. The van der Waals surface area contributed by atoms with Crippen LogP contribution >= 0.6 is 22.6 Å². The van der Waals surface area contributed by atoms with Gasteiger partial charge in [-0.05, 0) is 35.6 Å². The number of rotatable bonds is 1. The molecule has 0 spiro atoms. The van der Waals surface area contributed by atoms with Crippen molar-refractivity contribution in [2.45, 2.75) is 6.42 Å². The molecule has 2 N–H and O–H groups in total. The highest BCUT2D eigenvalue weighted by molar-refractivity contribution is 14.1. The summed E-state index contributed by atoms with van der Waals surface area (Å²) >= 11 is 2.07. The molecule has 0 radical (unpaired) electrons. The fourth-order valence-corrected chi connectivity index (χ4v) is 2.28. The van der Waals surface area contributed by atoms with Crippen molar-refractivity contribution in [1.29, 1.82) is 0 Å². The molecule has 1 aromatic rings. The van der Waals surface area contributed by atoms with E-state index < -0.39 is 0 Å². The molecule has 5 nitrogen and oxygen atoms in total. The monoisotopic (exact) mass is 320 g/mol. The van der Waals surface area contributed by atoms with Gasteiger partial charge in [0.05, 0.1) is 11.9 Å². The maximum atomic E-state index is 11.4. The van der Waals surface area contributed by atoms with Crippen LogP contribution in [0.25, 0.3) is 0 Å². The number of nitrogens with one attached hydrogen (secondary N) is 2.